The molecule has 2 aliphatic rings. The van der Waals surface area contributed by atoms with Crippen LogP contribution in [0.4, 0.5) is 0 Å². The molecule has 0 saturated heterocycles. The molecule has 0 bridgehead atoms. The van der Waals surface area contributed by atoms with Crippen LogP contribution < -0.4 is 5.32 Å². The van der Waals surface area contributed by atoms with Crippen molar-refractivity contribution < 1.29 is 9.90 Å². The summed E-state index contributed by atoms with van der Waals surface area (Å²) in [6.45, 7) is 4.75. The highest BCUT2D eigenvalue weighted by Crippen LogP contribution is 2.28. The number of benzene rings is 1. The Morgan fingerprint density at radius 1 is 1.19 bits per heavy atom. The Morgan fingerprint density at radius 3 is 2.69 bits per heavy atom. The molecule has 1 atom stereocenters. The molecule has 168 valence electrons. The number of aromatic nitrogens is 2. The molecule has 1 unspecified atom stereocenters. The van der Waals surface area contributed by atoms with E-state index in [1.165, 1.54) is 16.3 Å². The summed E-state index contributed by atoms with van der Waals surface area (Å²) in [7, 11) is 0. The summed E-state index contributed by atoms with van der Waals surface area (Å²) in [6, 6.07) is 10.2. The van der Waals surface area contributed by atoms with E-state index >= 15 is 0 Å². The smallest absolute Gasteiger partial charge is 0.256 e. The van der Waals surface area contributed by atoms with E-state index in [2.05, 4.69) is 34.6 Å². The lowest BCUT2D eigenvalue weighted by Crippen LogP contribution is -2.28. The van der Waals surface area contributed by atoms with Crippen LogP contribution in [-0.2, 0) is 17.8 Å². The molecule has 0 fully saturated rings. The first-order valence-corrected chi connectivity index (χ1v) is 11.4. The number of nitrogens with zero attached hydrogens (tertiary/aromatic N) is 4. The Morgan fingerprint density at radius 2 is 2.00 bits per heavy atom. The summed E-state index contributed by atoms with van der Waals surface area (Å²) in [5.41, 5.74) is 6.34. The summed E-state index contributed by atoms with van der Waals surface area (Å²) in [4.78, 5) is 12.6. The molecule has 1 aromatic heterocycles. The largest absolute Gasteiger partial charge is 0.396 e. The number of hydrazone groups is 1. The molecule has 32 heavy (non-hydrogen) atoms. The first-order chi connectivity index (χ1) is 15.6. The van der Waals surface area contributed by atoms with Crippen LogP contribution in [0.25, 0.3) is 5.69 Å². The minimum Gasteiger partial charge on any atom is -0.396 e. The van der Waals surface area contributed by atoms with Gasteiger partial charge in [-0.05, 0) is 56.9 Å². The Hall–Kier alpha value is -3.19. The number of carbonyl (C=O) groups is 1. The molecule has 2 N–H and O–H groups in total. The number of aliphatic hydroxyl groups excluding tert-OH is 1. The topological polar surface area (TPSA) is 82.8 Å². The fourth-order valence-corrected chi connectivity index (χ4v) is 4.28. The first kappa shape index (κ1) is 22.0. The molecule has 0 spiro atoms. The highest BCUT2D eigenvalue weighted by atomic mass is 16.3. The zero-order valence-corrected chi connectivity index (χ0v) is 18.8. The standard InChI is InChI=1S/C25H31N5O2/c1-3-7-24-19(17-27-29(24)21-8-5-4-6-9-21)16-26-20-10-12-22(13-11-20)30-25(32)23(14-15-31)18(2)28-30/h4-6,8-10,12,17,23,26,31H,3,7,11,13-16H2,1-2H3. The third kappa shape index (κ3) is 4.53. The van der Waals surface area contributed by atoms with Gasteiger partial charge in [0.15, 0.2) is 0 Å². The minimum atomic E-state index is -0.303. The fraction of sp³-hybridized carbons (Fsp3) is 0.400. The van der Waals surface area contributed by atoms with Crippen molar-refractivity contribution in [3.63, 3.8) is 0 Å². The maximum atomic E-state index is 12.6. The van der Waals surface area contributed by atoms with Crippen LogP contribution in [0.5, 0.6) is 0 Å². The Bertz CT molecular complexity index is 1050. The van der Waals surface area contributed by atoms with Crippen molar-refractivity contribution in [1.82, 2.24) is 20.1 Å². The molecule has 7 heteroatoms. The number of rotatable bonds is 9. The van der Waals surface area contributed by atoms with Crippen molar-refractivity contribution in [2.24, 2.45) is 11.0 Å². The van der Waals surface area contributed by atoms with Crippen molar-refractivity contribution in [3.05, 3.63) is 71.3 Å². The number of hydrogen-bond acceptors (Lipinski definition) is 5. The van der Waals surface area contributed by atoms with Gasteiger partial charge in [0, 0.05) is 41.5 Å². The van der Waals surface area contributed by atoms with Crippen molar-refractivity contribution in [2.45, 2.75) is 52.5 Å². The summed E-state index contributed by atoms with van der Waals surface area (Å²) in [5, 5.41) is 23.3. The van der Waals surface area contributed by atoms with Crippen molar-refractivity contribution in [3.8, 4) is 5.69 Å². The molecule has 1 aromatic carbocycles. The second-order valence-electron chi connectivity index (χ2n) is 8.27. The van der Waals surface area contributed by atoms with Crippen LogP contribution in [0.3, 0.4) is 0 Å². The zero-order chi connectivity index (χ0) is 22.5. The maximum absolute atomic E-state index is 12.6. The molecular formula is C25H31N5O2. The van der Waals surface area contributed by atoms with E-state index in [1.54, 1.807) is 0 Å². The summed E-state index contributed by atoms with van der Waals surface area (Å²) < 4.78 is 2.04. The van der Waals surface area contributed by atoms with Gasteiger partial charge in [0.2, 0.25) is 0 Å². The van der Waals surface area contributed by atoms with Crippen molar-refractivity contribution >= 4 is 11.6 Å². The quantitative estimate of drug-likeness (QED) is 0.632. The second-order valence-corrected chi connectivity index (χ2v) is 8.27. The van der Waals surface area contributed by atoms with Gasteiger partial charge in [0.05, 0.1) is 17.8 Å². The van der Waals surface area contributed by atoms with Crippen molar-refractivity contribution in [2.75, 3.05) is 6.61 Å². The van der Waals surface area contributed by atoms with Gasteiger partial charge in [-0.1, -0.05) is 31.5 Å². The molecule has 0 saturated carbocycles. The van der Waals surface area contributed by atoms with Crippen LogP contribution >= 0.6 is 0 Å². The van der Waals surface area contributed by atoms with Gasteiger partial charge in [0.25, 0.3) is 5.91 Å². The second kappa shape index (κ2) is 9.96. The zero-order valence-electron chi connectivity index (χ0n) is 18.8. The van der Waals surface area contributed by atoms with Gasteiger partial charge < -0.3 is 10.4 Å². The number of hydrogen-bond donors (Lipinski definition) is 2. The van der Waals surface area contributed by atoms with Gasteiger partial charge in [-0.3, -0.25) is 4.79 Å². The van der Waals surface area contributed by atoms with E-state index in [1.807, 2.05) is 48.2 Å². The number of amides is 1. The summed E-state index contributed by atoms with van der Waals surface area (Å²) in [6.07, 6.45) is 10.00. The Labute approximate surface area is 189 Å². The van der Waals surface area contributed by atoms with E-state index in [0.29, 0.717) is 6.42 Å². The molecular weight excluding hydrogens is 402 g/mol. The predicted octanol–water partition coefficient (Wildman–Crippen LogP) is 3.69. The molecule has 0 radical (unpaired) electrons. The highest BCUT2D eigenvalue weighted by Gasteiger charge is 2.34. The number of aliphatic hydroxyl groups is 1. The molecule has 2 heterocycles. The van der Waals surface area contributed by atoms with Crippen LogP contribution in [0, 0.1) is 5.92 Å². The third-order valence-electron chi connectivity index (χ3n) is 6.03. The van der Waals surface area contributed by atoms with E-state index in [9.17, 15) is 9.90 Å². The SMILES string of the molecule is CCCc1c(CNC2=CC=C(N3N=C(C)C(CCO)C3=O)CC2)cnn1-c1ccccc1. The van der Waals surface area contributed by atoms with Gasteiger partial charge in [-0.2, -0.15) is 10.2 Å². The van der Waals surface area contributed by atoms with E-state index < -0.39 is 0 Å². The number of carbonyl (C=O) groups excluding carboxylic acids is 1. The van der Waals surface area contributed by atoms with Crippen LogP contribution in [0.15, 0.2) is 65.2 Å². The molecule has 7 nitrogen and oxygen atoms in total. The lowest BCUT2D eigenvalue weighted by molar-refractivity contribution is -0.130. The molecule has 1 aliphatic carbocycles. The predicted molar refractivity (Wildman–Crippen MR) is 125 cm³/mol. The third-order valence-corrected chi connectivity index (χ3v) is 6.03. The normalized spacial score (nSPS) is 18.5. The molecule has 2 aromatic rings. The van der Waals surface area contributed by atoms with Crippen LogP contribution in [0.1, 0.15) is 50.8 Å². The Balaban J connectivity index is 1.44. The first-order valence-electron chi connectivity index (χ1n) is 11.4. The summed E-state index contributed by atoms with van der Waals surface area (Å²) in [5.74, 6) is -0.340. The van der Waals surface area contributed by atoms with Crippen LogP contribution in [0.2, 0.25) is 0 Å². The minimum absolute atomic E-state index is 0.00893. The monoisotopic (exact) mass is 433 g/mol. The number of para-hydroxylation sites is 1. The van der Waals surface area contributed by atoms with Crippen LogP contribution in [-0.4, -0.2) is 38.1 Å². The molecule has 4 rings (SSSR count). The average molecular weight is 434 g/mol. The van der Waals surface area contributed by atoms with Gasteiger partial charge >= 0.3 is 0 Å². The van der Waals surface area contributed by atoms with E-state index in [-0.39, 0.29) is 18.4 Å². The fourth-order valence-electron chi connectivity index (χ4n) is 4.28. The van der Waals surface area contributed by atoms with E-state index in [4.69, 9.17) is 0 Å². The van der Waals surface area contributed by atoms with E-state index in [0.717, 1.165) is 55.0 Å². The highest BCUT2D eigenvalue weighted by molar-refractivity contribution is 6.07. The number of allylic oxidation sites excluding steroid dienone is 4. The summed E-state index contributed by atoms with van der Waals surface area (Å²) >= 11 is 0. The van der Waals surface area contributed by atoms with Crippen molar-refractivity contribution in [1.29, 1.82) is 0 Å². The lowest BCUT2D eigenvalue weighted by atomic mass is 10.0. The lowest BCUT2D eigenvalue weighted by Gasteiger charge is -2.22. The maximum Gasteiger partial charge on any atom is 0.256 e. The van der Waals surface area contributed by atoms with Gasteiger partial charge in [0.1, 0.15) is 0 Å². The van der Waals surface area contributed by atoms with Gasteiger partial charge in [-0.15, -0.1) is 0 Å². The number of nitrogens with one attached hydrogen (secondary N) is 1. The van der Waals surface area contributed by atoms with Gasteiger partial charge in [-0.25, -0.2) is 9.69 Å². The average Bonchev–Trinajstić information content (AvgIpc) is 3.35. The molecule has 1 aliphatic heterocycles. The Kier molecular flexibility index (Phi) is 6.85. The molecule has 1 amide bonds.